The van der Waals surface area contributed by atoms with E-state index in [9.17, 15) is 13.2 Å². The van der Waals surface area contributed by atoms with Crippen LogP contribution < -0.4 is 15.4 Å². The van der Waals surface area contributed by atoms with Crippen molar-refractivity contribution in [3.63, 3.8) is 0 Å². The Bertz CT molecular complexity index is 652. The molecule has 1 saturated heterocycles. The lowest BCUT2D eigenvalue weighted by Gasteiger charge is -2.27. The maximum Gasteiger partial charge on any atom is 0.220 e. The minimum absolute atomic E-state index is 0.0575. The van der Waals surface area contributed by atoms with Gasteiger partial charge in [-0.25, -0.2) is 8.42 Å². The van der Waals surface area contributed by atoms with E-state index < -0.39 is 9.84 Å². The molecule has 0 bridgehead atoms. The largest absolute Gasteiger partial charge is 0.492 e. The zero-order chi connectivity index (χ0) is 18.3. The summed E-state index contributed by atoms with van der Waals surface area (Å²) in [4.78, 5) is 12.3. The Kier molecular flexibility index (Phi) is 7.25. The normalized spacial score (nSPS) is 17.0. The van der Waals surface area contributed by atoms with Crippen molar-refractivity contribution in [2.45, 2.75) is 31.1 Å². The first-order chi connectivity index (χ1) is 11.9. The molecule has 2 rings (SSSR count). The molecule has 0 radical (unpaired) electrons. The lowest BCUT2D eigenvalue weighted by Crippen LogP contribution is -2.34. The molecule has 25 heavy (non-hydrogen) atoms. The summed E-state index contributed by atoms with van der Waals surface area (Å²) in [6.45, 7) is 5.03. The number of carbonyl (C=O) groups is 1. The first-order valence-electron chi connectivity index (χ1n) is 8.76. The Morgan fingerprint density at radius 3 is 2.52 bits per heavy atom. The second-order valence-electron chi connectivity index (χ2n) is 6.71. The van der Waals surface area contributed by atoms with Gasteiger partial charge in [0.25, 0.3) is 0 Å². The van der Waals surface area contributed by atoms with Gasteiger partial charge in [-0.1, -0.05) is 6.92 Å². The van der Waals surface area contributed by atoms with E-state index in [0.29, 0.717) is 37.2 Å². The van der Waals surface area contributed by atoms with Crippen LogP contribution in [-0.2, 0) is 14.6 Å². The van der Waals surface area contributed by atoms with Crippen molar-refractivity contribution in [3.8, 4) is 5.75 Å². The van der Waals surface area contributed by atoms with Crippen LogP contribution in [0.1, 0.15) is 26.2 Å². The molecule has 1 aliphatic heterocycles. The fourth-order valence-electron chi connectivity index (χ4n) is 3.09. The van der Waals surface area contributed by atoms with Gasteiger partial charge < -0.3 is 15.4 Å². The number of ether oxygens (including phenoxy) is 1. The van der Waals surface area contributed by atoms with E-state index in [-0.39, 0.29) is 10.8 Å². The van der Waals surface area contributed by atoms with Crippen molar-refractivity contribution in [2.24, 2.45) is 11.8 Å². The Balaban J connectivity index is 1.65. The van der Waals surface area contributed by atoms with Crippen LogP contribution in [0.4, 0.5) is 0 Å². The van der Waals surface area contributed by atoms with E-state index >= 15 is 0 Å². The van der Waals surface area contributed by atoms with E-state index in [1.165, 1.54) is 18.4 Å². The minimum atomic E-state index is -3.19. The molecular weight excluding hydrogens is 340 g/mol. The molecule has 0 aliphatic carbocycles. The Morgan fingerprint density at radius 2 is 1.92 bits per heavy atom. The van der Waals surface area contributed by atoms with Gasteiger partial charge in [-0.05, 0) is 62.0 Å². The van der Waals surface area contributed by atoms with Crippen molar-refractivity contribution < 1.29 is 17.9 Å². The van der Waals surface area contributed by atoms with E-state index in [2.05, 4.69) is 17.6 Å². The summed E-state index contributed by atoms with van der Waals surface area (Å²) in [5.41, 5.74) is 0. The first-order valence-corrected chi connectivity index (χ1v) is 10.7. The Labute approximate surface area is 150 Å². The fraction of sp³-hybridized carbons (Fsp3) is 0.611. The number of hydrogen-bond donors (Lipinski definition) is 2. The summed E-state index contributed by atoms with van der Waals surface area (Å²) in [6.07, 6.45) is 4.00. The number of carbonyl (C=O) groups excluding carboxylic acids is 1. The molecule has 1 unspecified atom stereocenters. The number of nitrogens with one attached hydrogen (secondary N) is 2. The summed E-state index contributed by atoms with van der Waals surface area (Å²) >= 11 is 0. The van der Waals surface area contributed by atoms with Crippen LogP contribution in [0, 0.1) is 11.8 Å². The average Bonchev–Trinajstić information content (AvgIpc) is 2.59. The molecule has 1 atom stereocenters. The third-order valence-electron chi connectivity index (χ3n) is 4.64. The molecule has 0 spiro atoms. The molecule has 1 aliphatic rings. The monoisotopic (exact) mass is 368 g/mol. The number of hydrogen-bond acceptors (Lipinski definition) is 5. The van der Waals surface area contributed by atoms with Gasteiger partial charge in [-0.3, -0.25) is 4.79 Å². The van der Waals surface area contributed by atoms with Crippen LogP contribution in [0.2, 0.25) is 0 Å². The summed E-state index contributed by atoms with van der Waals surface area (Å²) in [7, 11) is -3.19. The smallest absolute Gasteiger partial charge is 0.220 e. The molecule has 1 aromatic carbocycles. The number of amides is 1. The molecule has 1 heterocycles. The second kappa shape index (κ2) is 9.20. The van der Waals surface area contributed by atoms with Crippen molar-refractivity contribution in [2.75, 3.05) is 32.5 Å². The second-order valence-corrected chi connectivity index (χ2v) is 8.73. The van der Waals surface area contributed by atoms with Gasteiger partial charge in [0, 0.05) is 12.7 Å². The highest BCUT2D eigenvalue weighted by molar-refractivity contribution is 7.90. The first kappa shape index (κ1) is 19.7. The molecular formula is C18H28N2O4S. The molecule has 6 nitrogen and oxygen atoms in total. The summed E-state index contributed by atoms with van der Waals surface area (Å²) < 4.78 is 28.3. The van der Waals surface area contributed by atoms with Crippen LogP contribution in [-0.4, -0.2) is 46.8 Å². The minimum Gasteiger partial charge on any atom is -0.492 e. The third kappa shape index (κ3) is 6.66. The molecule has 1 fully saturated rings. The van der Waals surface area contributed by atoms with E-state index in [1.807, 2.05) is 0 Å². The zero-order valence-corrected chi connectivity index (χ0v) is 15.8. The van der Waals surface area contributed by atoms with Crippen molar-refractivity contribution >= 4 is 15.7 Å². The predicted octanol–water partition coefficient (Wildman–Crippen LogP) is 1.61. The lowest BCUT2D eigenvalue weighted by atomic mass is 9.84. The topological polar surface area (TPSA) is 84.5 Å². The van der Waals surface area contributed by atoms with Gasteiger partial charge in [0.1, 0.15) is 12.4 Å². The van der Waals surface area contributed by atoms with E-state index in [1.54, 1.807) is 12.1 Å². The molecule has 1 aromatic rings. The molecule has 7 heteroatoms. The van der Waals surface area contributed by atoms with Crippen LogP contribution >= 0.6 is 0 Å². The SMILES string of the molecule is CC(CC(=O)NCCOc1ccc(S(C)(=O)=O)cc1)C1CCNCC1. The quantitative estimate of drug-likeness (QED) is 0.681. The van der Waals surface area contributed by atoms with Gasteiger partial charge >= 0.3 is 0 Å². The number of piperidine rings is 1. The van der Waals surface area contributed by atoms with Gasteiger partial charge in [-0.15, -0.1) is 0 Å². The maximum atomic E-state index is 12.0. The fourth-order valence-corrected chi connectivity index (χ4v) is 3.72. The lowest BCUT2D eigenvalue weighted by molar-refractivity contribution is -0.122. The van der Waals surface area contributed by atoms with E-state index in [0.717, 1.165) is 25.9 Å². The standard InChI is InChI=1S/C18H28N2O4S/c1-14(15-7-9-19-10-8-15)13-18(21)20-11-12-24-16-3-5-17(6-4-16)25(2,22)23/h3-6,14-15,19H,7-13H2,1-2H3,(H,20,21). The molecule has 0 saturated carbocycles. The van der Waals surface area contributed by atoms with Crippen LogP contribution in [0.5, 0.6) is 5.75 Å². The predicted molar refractivity (Wildman–Crippen MR) is 97.4 cm³/mol. The highest BCUT2D eigenvalue weighted by atomic mass is 32.2. The van der Waals surface area contributed by atoms with Gasteiger partial charge in [-0.2, -0.15) is 0 Å². The van der Waals surface area contributed by atoms with Crippen LogP contribution in [0.3, 0.4) is 0 Å². The maximum absolute atomic E-state index is 12.0. The highest BCUT2D eigenvalue weighted by Crippen LogP contribution is 2.24. The average molecular weight is 368 g/mol. The summed E-state index contributed by atoms with van der Waals surface area (Å²) in [6, 6.07) is 6.28. The number of rotatable bonds is 8. The van der Waals surface area contributed by atoms with Crippen molar-refractivity contribution in [3.05, 3.63) is 24.3 Å². The van der Waals surface area contributed by atoms with Crippen molar-refractivity contribution in [1.29, 1.82) is 0 Å². The summed E-state index contributed by atoms with van der Waals surface area (Å²) in [5.74, 6) is 1.66. The number of sulfone groups is 1. The van der Waals surface area contributed by atoms with Crippen molar-refractivity contribution in [1.82, 2.24) is 10.6 Å². The van der Waals surface area contributed by atoms with Gasteiger partial charge in [0.05, 0.1) is 11.4 Å². The Morgan fingerprint density at radius 1 is 1.28 bits per heavy atom. The molecule has 140 valence electrons. The van der Waals surface area contributed by atoms with Crippen LogP contribution in [0.15, 0.2) is 29.2 Å². The number of benzene rings is 1. The van der Waals surface area contributed by atoms with Gasteiger partial charge in [0.15, 0.2) is 9.84 Å². The third-order valence-corrected chi connectivity index (χ3v) is 5.77. The van der Waals surface area contributed by atoms with Crippen LogP contribution in [0.25, 0.3) is 0 Å². The molecule has 1 amide bonds. The van der Waals surface area contributed by atoms with E-state index in [4.69, 9.17) is 4.74 Å². The molecule has 2 N–H and O–H groups in total. The highest BCUT2D eigenvalue weighted by Gasteiger charge is 2.21. The molecule has 0 aromatic heterocycles. The summed E-state index contributed by atoms with van der Waals surface area (Å²) in [5, 5.41) is 6.22. The Hall–Kier alpha value is -1.60. The zero-order valence-electron chi connectivity index (χ0n) is 15.0. The van der Waals surface area contributed by atoms with Gasteiger partial charge in [0.2, 0.25) is 5.91 Å².